The predicted octanol–water partition coefficient (Wildman–Crippen LogP) is 3.46. The van der Waals surface area contributed by atoms with E-state index in [0.29, 0.717) is 18.6 Å². The fraction of sp³-hybridized carbons (Fsp3) is 0.846. The second-order valence-electron chi connectivity index (χ2n) is 5.04. The van der Waals surface area contributed by atoms with Gasteiger partial charge in [0.25, 0.3) is 0 Å². The van der Waals surface area contributed by atoms with Crippen LogP contribution in [0.1, 0.15) is 51.0 Å². The Morgan fingerprint density at radius 1 is 1.33 bits per heavy atom. The minimum absolute atomic E-state index is 0.412. The number of aromatic nitrogens is 2. The molecule has 0 bridgehead atoms. The molecule has 1 fully saturated rings. The molecule has 1 N–H and O–H groups in total. The number of hydrogen-bond acceptors (Lipinski definition) is 5. The summed E-state index contributed by atoms with van der Waals surface area (Å²) in [5, 5.41) is 13.4. The molecule has 0 saturated heterocycles. The van der Waals surface area contributed by atoms with Crippen LogP contribution >= 0.6 is 11.3 Å². The number of hydrogen-bond donors (Lipinski definition) is 1. The van der Waals surface area contributed by atoms with Crippen molar-refractivity contribution in [1.82, 2.24) is 10.2 Å². The fourth-order valence-corrected chi connectivity index (χ4v) is 3.01. The lowest BCUT2D eigenvalue weighted by Crippen LogP contribution is -2.25. The van der Waals surface area contributed by atoms with E-state index in [-0.39, 0.29) is 0 Å². The van der Waals surface area contributed by atoms with Crippen LogP contribution in [0.3, 0.4) is 0 Å². The van der Waals surface area contributed by atoms with Crippen LogP contribution in [0.2, 0.25) is 0 Å². The van der Waals surface area contributed by atoms with Crippen LogP contribution in [0.25, 0.3) is 0 Å². The summed E-state index contributed by atoms with van der Waals surface area (Å²) in [5.74, 6) is 0.685. The van der Waals surface area contributed by atoms with E-state index < -0.39 is 0 Å². The highest BCUT2D eigenvalue weighted by Crippen LogP contribution is 2.27. The molecule has 1 aromatic rings. The third-order valence-corrected chi connectivity index (χ3v) is 4.30. The summed E-state index contributed by atoms with van der Waals surface area (Å²) < 4.78 is 5.98. The highest BCUT2D eigenvalue weighted by Gasteiger charge is 2.22. The second-order valence-corrected chi connectivity index (χ2v) is 6.10. The van der Waals surface area contributed by atoms with Crippen molar-refractivity contribution in [3.8, 4) is 0 Å². The van der Waals surface area contributed by atoms with Crippen LogP contribution in [0.15, 0.2) is 0 Å². The highest BCUT2D eigenvalue weighted by atomic mass is 32.1. The first-order valence-corrected chi connectivity index (χ1v) is 7.79. The van der Waals surface area contributed by atoms with Crippen molar-refractivity contribution in [1.29, 1.82) is 0 Å². The Morgan fingerprint density at radius 3 is 2.94 bits per heavy atom. The number of nitrogens with one attached hydrogen (secondary N) is 1. The molecule has 18 heavy (non-hydrogen) atoms. The van der Waals surface area contributed by atoms with E-state index in [0.717, 1.165) is 23.1 Å². The summed E-state index contributed by atoms with van der Waals surface area (Å²) in [6.07, 6.45) is 6.66. The van der Waals surface area contributed by atoms with Crippen LogP contribution in [0.5, 0.6) is 0 Å². The van der Waals surface area contributed by atoms with E-state index in [1.165, 1.54) is 25.7 Å². The maximum Gasteiger partial charge on any atom is 0.205 e. The molecule has 1 aliphatic carbocycles. The van der Waals surface area contributed by atoms with Crippen molar-refractivity contribution in [2.45, 2.75) is 58.7 Å². The van der Waals surface area contributed by atoms with Crippen LogP contribution in [-0.2, 0) is 11.3 Å². The van der Waals surface area contributed by atoms with Gasteiger partial charge in [0.2, 0.25) is 5.13 Å². The Bertz CT molecular complexity index is 356. The molecule has 2 rings (SSSR count). The topological polar surface area (TPSA) is 47.0 Å². The van der Waals surface area contributed by atoms with Gasteiger partial charge < -0.3 is 10.1 Å². The monoisotopic (exact) mass is 269 g/mol. The normalized spacial score (nSPS) is 24.1. The van der Waals surface area contributed by atoms with E-state index in [4.69, 9.17) is 4.74 Å². The Balaban J connectivity index is 1.77. The molecule has 1 aliphatic rings. The van der Waals surface area contributed by atoms with Crippen molar-refractivity contribution in [2.75, 3.05) is 11.9 Å². The quantitative estimate of drug-likeness (QED) is 0.859. The van der Waals surface area contributed by atoms with Gasteiger partial charge in [-0.15, -0.1) is 10.2 Å². The summed E-state index contributed by atoms with van der Waals surface area (Å²) in [7, 11) is 0. The molecule has 0 aliphatic heterocycles. The third kappa shape index (κ3) is 3.92. The van der Waals surface area contributed by atoms with Gasteiger partial charge in [0.05, 0.1) is 6.10 Å². The van der Waals surface area contributed by atoms with Gasteiger partial charge in [-0.05, 0) is 25.2 Å². The lowest BCUT2D eigenvalue weighted by molar-refractivity contribution is -0.0157. The van der Waals surface area contributed by atoms with Crippen molar-refractivity contribution in [3.05, 3.63) is 5.01 Å². The minimum atomic E-state index is 0.412. The van der Waals surface area contributed by atoms with Crippen molar-refractivity contribution in [2.24, 2.45) is 5.92 Å². The number of rotatable bonds is 6. The van der Waals surface area contributed by atoms with Gasteiger partial charge in [0.1, 0.15) is 11.6 Å². The van der Waals surface area contributed by atoms with Gasteiger partial charge in [-0.25, -0.2) is 0 Å². The maximum atomic E-state index is 5.98. The highest BCUT2D eigenvalue weighted by molar-refractivity contribution is 7.15. The Morgan fingerprint density at radius 2 is 2.17 bits per heavy atom. The summed E-state index contributed by atoms with van der Waals surface area (Å²) in [6, 6.07) is 0. The zero-order valence-electron chi connectivity index (χ0n) is 11.3. The van der Waals surface area contributed by atoms with Gasteiger partial charge in [0, 0.05) is 6.54 Å². The average molecular weight is 269 g/mol. The number of ether oxygens (including phenoxy) is 1. The smallest absolute Gasteiger partial charge is 0.205 e. The molecule has 1 saturated carbocycles. The fourth-order valence-electron chi connectivity index (χ4n) is 2.32. The Hall–Kier alpha value is -0.680. The summed E-state index contributed by atoms with van der Waals surface area (Å²) in [5.41, 5.74) is 0. The lowest BCUT2D eigenvalue weighted by Gasteiger charge is -2.28. The maximum absolute atomic E-state index is 5.98. The van der Waals surface area contributed by atoms with Crippen LogP contribution in [-0.4, -0.2) is 22.8 Å². The molecule has 0 amide bonds. The van der Waals surface area contributed by atoms with E-state index in [2.05, 4.69) is 29.4 Å². The molecule has 1 aromatic heterocycles. The lowest BCUT2D eigenvalue weighted by atomic mass is 9.88. The molecule has 2 unspecified atom stereocenters. The zero-order valence-corrected chi connectivity index (χ0v) is 12.1. The molecule has 0 radical (unpaired) electrons. The van der Waals surface area contributed by atoms with Gasteiger partial charge in [-0.1, -0.05) is 38.0 Å². The standard InChI is InChI=1S/C13H23N3OS/c1-3-8-14-13-16-15-12(18-13)9-17-11-7-5-4-6-10(11)2/h10-11H,3-9H2,1-2H3,(H,14,16). The molecule has 102 valence electrons. The van der Waals surface area contributed by atoms with E-state index in [1.807, 2.05) is 0 Å². The van der Waals surface area contributed by atoms with Crippen LogP contribution < -0.4 is 5.32 Å². The molecule has 0 aromatic carbocycles. The average Bonchev–Trinajstić information content (AvgIpc) is 2.83. The largest absolute Gasteiger partial charge is 0.371 e. The Labute approximate surface area is 113 Å². The van der Waals surface area contributed by atoms with E-state index >= 15 is 0 Å². The number of nitrogens with zero attached hydrogens (tertiary/aromatic N) is 2. The third-order valence-electron chi connectivity index (χ3n) is 3.45. The molecule has 4 nitrogen and oxygen atoms in total. The molecule has 2 atom stereocenters. The van der Waals surface area contributed by atoms with Gasteiger partial charge >= 0.3 is 0 Å². The van der Waals surface area contributed by atoms with E-state index in [1.54, 1.807) is 11.3 Å². The Kier molecular flexibility index (Phi) is 5.38. The summed E-state index contributed by atoms with van der Waals surface area (Å²) >= 11 is 1.60. The first kappa shape index (κ1) is 13.7. The van der Waals surface area contributed by atoms with Crippen LogP contribution in [0, 0.1) is 5.92 Å². The van der Waals surface area contributed by atoms with Crippen molar-refractivity contribution < 1.29 is 4.74 Å². The van der Waals surface area contributed by atoms with Gasteiger partial charge in [-0.3, -0.25) is 0 Å². The first-order chi connectivity index (χ1) is 8.79. The van der Waals surface area contributed by atoms with Crippen molar-refractivity contribution >= 4 is 16.5 Å². The van der Waals surface area contributed by atoms with Gasteiger partial charge in [0.15, 0.2) is 0 Å². The molecule has 1 heterocycles. The molecular formula is C13H23N3OS. The molecular weight excluding hydrogens is 246 g/mol. The minimum Gasteiger partial charge on any atom is -0.371 e. The summed E-state index contributed by atoms with van der Waals surface area (Å²) in [6.45, 7) is 6.00. The number of anilines is 1. The first-order valence-electron chi connectivity index (χ1n) is 6.97. The predicted molar refractivity (Wildman–Crippen MR) is 74.9 cm³/mol. The summed E-state index contributed by atoms with van der Waals surface area (Å²) in [4.78, 5) is 0. The SMILES string of the molecule is CCCNc1nnc(COC2CCCCC2C)s1. The van der Waals surface area contributed by atoms with Crippen molar-refractivity contribution in [3.63, 3.8) is 0 Å². The molecule has 0 spiro atoms. The van der Waals surface area contributed by atoms with E-state index in [9.17, 15) is 0 Å². The van der Waals surface area contributed by atoms with Crippen LogP contribution in [0.4, 0.5) is 5.13 Å². The second kappa shape index (κ2) is 7.04. The van der Waals surface area contributed by atoms with Gasteiger partial charge in [-0.2, -0.15) is 0 Å². The zero-order chi connectivity index (χ0) is 12.8. The molecule has 5 heteroatoms.